The number of nitrogen functional groups attached to an aromatic ring is 1. The first-order chi connectivity index (χ1) is 9.54. The summed E-state index contributed by atoms with van der Waals surface area (Å²) in [5.74, 6) is 0.00340. The van der Waals surface area contributed by atoms with E-state index in [0.717, 1.165) is 11.1 Å². The van der Waals surface area contributed by atoms with Gasteiger partial charge in [0.05, 0.1) is 12.5 Å². The van der Waals surface area contributed by atoms with Gasteiger partial charge in [0.15, 0.2) is 0 Å². The summed E-state index contributed by atoms with van der Waals surface area (Å²) in [6.07, 6.45) is 0.348. The second-order valence-corrected chi connectivity index (χ2v) is 5.12. The zero-order valence-corrected chi connectivity index (χ0v) is 11.9. The SMILES string of the molecule is Cc1ccc([C@@H](C)NC(=O)Cc2cccc(N)c2)cc1. The van der Waals surface area contributed by atoms with Crippen molar-refractivity contribution < 1.29 is 4.79 Å². The lowest BCUT2D eigenvalue weighted by Gasteiger charge is -2.14. The van der Waals surface area contributed by atoms with Crippen molar-refractivity contribution in [1.29, 1.82) is 0 Å². The zero-order chi connectivity index (χ0) is 14.5. The van der Waals surface area contributed by atoms with Crippen LogP contribution in [0.2, 0.25) is 0 Å². The Hall–Kier alpha value is -2.29. The minimum atomic E-state index is 0.00340. The largest absolute Gasteiger partial charge is 0.399 e. The van der Waals surface area contributed by atoms with Crippen LogP contribution in [0.1, 0.15) is 29.7 Å². The van der Waals surface area contributed by atoms with Crippen molar-refractivity contribution in [1.82, 2.24) is 5.32 Å². The van der Waals surface area contributed by atoms with Gasteiger partial charge in [-0.3, -0.25) is 4.79 Å². The fourth-order valence-corrected chi connectivity index (χ4v) is 2.12. The van der Waals surface area contributed by atoms with E-state index in [-0.39, 0.29) is 11.9 Å². The smallest absolute Gasteiger partial charge is 0.224 e. The molecular weight excluding hydrogens is 248 g/mol. The second kappa shape index (κ2) is 6.24. The summed E-state index contributed by atoms with van der Waals surface area (Å²) in [6, 6.07) is 15.6. The van der Waals surface area contributed by atoms with Crippen molar-refractivity contribution in [3.63, 3.8) is 0 Å². The van der Waals surface area contributed by atoms with Crippen molar-refractivity contribution in [2.24, 2.45) is 0 Å². The average molecular weight is 268 g/mol. The average Bonchev–Trinajstić information content (AvgIpc) is 2.39. The summed E-state index contributed by atoms with van der Waals surface area (Å²) < 4.78 is 0. The van der Waals surface area contributed by atoms with E-state index in [2.05, 4.69) is 17.4 Å². The van der Waals surface area contributed by atoms with Crippen molar-refractivity contribution >= 4 is 11.6 Å². The van der Waals surface area contributed by atoms with E-state index in [1.54, 1.807) is 0 Å². The Morgan fingerprint density at radius 1 is 1.20 bits per heavy atom. The molecule has 3 nitrogen and oxygen atoms in total. The van der Waals surface area contributed by atoms with E-state index in [9.17, 15) is 4.79 Å². The lowest BCUT2D eigenvalue weighted by molar-refractivity contribution is -0.121. The van der Waals surface area contributed by atoms with Gasteiger partial charge in [0.2, 0.25) is 5.91 Å². The van der Waals surface area contributed by atoms with Gasteiger partial charge < -0.3 is 11.1 Å². The zero-order valence-electron chi connectivity index (χ0n) is 11.9. The van der Waals surface area contributed by atoms with Crippen LogP contribution in [0.25, 0.3) is 0 Å². The molecule has 0 saturated carbocycles. The number of aryl methyl sites for hydroxylation is 1. The lowest BCUT2D eigenvalue weighted by atomic mass is 10.1. The highest BCUT2D eigenvalue weighted by Crippen LogP contribution is 2.14. The van der Waals surface area contributed by atoms with Gasteiger partial charge in [-0.05, 0) is 37.1 Å². The van der Waals surface area contributed by atoms with Crippen LogP contribution in [0.4, 0.5) is 5.69 Å². The number of hydrogen-bond donors (Lipinski definition) is 2. The van der Waals surface area contributed by atoms with Gasteiger partial charge in [-0.15, -0.1) is 0 Å². The molecule has 0 saturated heterocycles. The Balaban J connectivity index is 1.95. The maximum absolute atomic E-state index is 12.0. The van der Waals surface area contributed by atoms with Gasteiger partial charge >= 0.3 is 0 Å². The Kier molecular flexibility index (Phi) is 4.41. The summed E-state index contributed by atoms with van der Waals surface area (Å²) in [7, 11) is 0. The lowest BCUT2D eigenvalue weighted by Crippen LogP contribution is -2.28. The molecule has 0 aliphatic rings. The number of benzene rings is 2. The van der Waals surface area contributed by atoms with E-state index in [1.807, 2.05) is 50.2 Å². The molecule has 3 heteroatoms. The van der Waals surface area contributed by atoms with Crippen molar-refractivity contribution in [3.8, 4) is 0 Å². The van der Waals surface area contributed by atoms with E-state index in [0.29, 0.717) is 12.1 Å². The molecule has 0 aromatic heterocycles. The Labute approximate surface area is 119 Å². The van der Waals surface area contributed by atoms with Crippen molar-refractivity contribution in [3.05, 3.63) is 65.2 Å². The summed E-state index contributed by atoms with van der Waals surface area (Å²) >= 11 is 0. The third-order valence-corrected chi connectivity index (χ3v) is 3.27. The van der Waals surface area contributed by atoms with Crippen LogP contribution in [-0.2, 0) is 11.2 Å². The standard InChI is InChI=1S/C17H20N2O/c1-12-6-8-15(9-7-12)13(2)19-17(20)11-14-4-3-5-16(18)10-14/h3-10,13H,11,18H2,1-2H3,(H,19,20)/t13-/m1/s1. The monoisotopic (exact) mass is 268 g/mol. The summed E-state index contributed by atoms with van der Waals surface area (Å²) in [5, 5.41) is 3.00. The fraction of sp³-hybridized carbons (Fsp3) is 0.235. The Bertz CT molecular complexity index is 590. The predicted molar refractivity (Wildman–Crippen MR) is 82.3 cm³/mol. The van der Waals surface area contributed by atoms with Crippen LogP contribution in [0.15, 0.2) is 48.5 Å². The molecule has 0 aliphatic carbocycles. The summed E-state index contributed by atoms with van der Waals surface area (Å²) in [6.45, 7) is 4.04. The van der Waals surface area contributed by atoms with Gasteiger partial charge in [-0.1, -0.05) is 42.0 Å². The van der Waals surface area contributed by atoms with Crippen LogP contribution < -0.4 is 11.1 Å². The number of nitrogens with two attached hydrogens (primary N) is 1. The number of carbonyl (C=O) groups excluding carboxylic acids is 1. The number of amides is 1. The molecule has 0 heterocycles. The fourth-order valence-electron chi connectivity index (χ4n) is 2.12. The minimum absolute atomic E-state index is 0.00340. The first-order valence-corrected chi connectivity index (χ1v) is 6.75. The highest BCUT2D eigenvalue weighted by atomic mass is 16.1. The van der Waals surface area contributed by atoms with Gasteiger partial charge in [0.25, 0.3) is 0 Å². The van der Waals surface area contributed by atoms with Crippen LogP contribution in [0.3, 0.4) is 0 Å². The molecular formula is C17H20N2O. The molecule has 20 heavy (non-hydrogen) atoms. The number of rotatable bonds is 4. The first kappa shape index (κ1) is 14.1. The number of nitrogens with one attached hydrogen (secondary N) is 1. The molecule has 2 aromatic rings. The molecule has 0 bridgehead atoms. The van der Waals surface area contributed by atoms with E-state index in [1.165, 1.54) is 5.56 Å². The molecule has 0 radical (unpaired) electrons. The van der Waals surface area contributed by atoms with Crippen LogP contribution >= 0.6 is 0 Å². The van der Waals surface area contributed by atoms with Crippen LogP contribution in [0, 0.1) is 6.92 Å². The molecule has 3 N–H and O–H groups in total. The summed E-state index contributed by atoms with van der Waals surface area (Å²) in [4.78, 5) is 12.0. The third-order valence-electron chi connectivity index (χ3n) is 3.27. The second-order valence-electron chi connectivity index (χ2n) is 5.12. The molecule has 0 spiro atoms. The molecule has 2 rings (SSSR count). The van der Waals surface area contributed by atoms with E-state index < -0.39 is 0 Å². The van der Waals surface area contributed by atoms with Crippen molar-refractivity contribution in [2.45, 2.75) is 26.3 Å². The minimum Gasteiger partial charge on any atom is -0.399 e. The molecule has 104 valence electrons. The molecule has 2 aromatic carbocycles. The summed E-state index contributed by atoms with van der Waals surface area (Å²) in [5.41, 5.74) is 9.64. The Morgan fingerprint density at radius 3 is 2.55 bits per heavy atom. The first-order valence-electron chi connectivity index (χ1n) is 6.75. The van der Waals surface area contributed by atoms with E-state index in [4.69, 9.17) is 5.73 Å². The number of carbonyl (C=O) groups is 1. The van der Waals surface area contributed by atoms with Crippen LogP contribution in [-0.4, -0.2) is 5.91 Å². The molecule has 0 aliphatic heterocycles. The van der Waals surface area contributed by atoms with Gasteiger partial charge in [-0.25, -0.2) is 0 Å². The maximum atomic E-state index is 12.0. The maximum Gasteiger partial charge on any atom is 0.224 e. The third kappa shape index (κ3) is 3.85. The van der Waals surface area contributed by atoms with Crippen LogP contribution in [0.5, 0.6) is 0 Å². The number of hydrogen-bond acceptors (Lipinski definition) is 2. The van der Waals surface area contributed by atoms with Crippen molar-refractivity contribution in [2.75, 3.05) is 5.73 Å². The molecule has 1 amide bonds. The Morgan fingerprint density at radius 2 is 1.90 bits per heavy atom. The highest BCUT2D eigenvalue weighted by molar-refractivity contribution is 5.79. The molecule has 0 fully saturated rings. The quantitative estimate of drug-likeness (QED) is 0.837. The van der Waals surface area contributed by atoms with Gasteiger partial charge in [0, 0.05) is 5.69 Å². The van der Waals surface area contributed by atoms with Gasteiger partial charge in [-0.2, -0.15) is 0 Å². The normalized spacial score (nSPS) is 11.9. The molecule has 0 unspecified atom stereocenters. The molecule has 1 atom stereocenters. The topological polar surface area (TPSA) is 55.1 Å². The number of anilines is 1. The van der Waals surface area contributed by atoms with Gasteiger partial charge in [0.1, 0.15) is 0 Å². The highest BCUT2D eigenvalue weighted by Gasteiger charge is 2.10. The van der Waals surface area contributed by atoms with E-state index >= 15 is 0 Å². The predicted octanol–water partition coefficient (Wildman–Crippen LogP) is 3.00.